The maximum absolute atomic E-state index is 5.83. The van der Waals surface area contributed by atoms with Crippen LogP contribution in [0, 0.1) is 0 Å². The summed E-state index contributed by atoms with van der Waals surface area (Å²) in [4.78, 5) is 2.51. The molecular weight excluding hydrogens is 286 g/mol. The zero-order chi connectivity index (χ0) is 15.9. The summed E-state index contributed by atoms with van der Waals surface area (Å²) in [5.41, 5.74) is 1.27. The van der Waals surface area contributed by atoms with Gasteiger partial charge in [0.2, 0.25) is 0 Å². The van der Waals surface area contributed by atoms with Crippen LogP contribution in [0.1, 0.15) is 12.5 Å². The van der Waals surface area contributed by atoms with Gasteiger partial charge in [0.05, 0.1) is 6.61 Å². The van der Waals surface area contributed by atoms with Crippen LogP contribution in [-0.4, -0.2) is 50.8 Å². The number of nitrogens with zero attached hydrogens (tertiary/aromatic N) is 1. The van der Waals surface area contributed by atoms with E-state index in [0.717, 1.165) is 51.6 Å². The van der Waals surface area contributed by atoms with Crippen molar-refractivity contribution in [2.24, 2.45) is 0 Å². The number of hydrogen-bond donors (Lipinski definition) is 2. The van der Waals surface area contributed by atoms with E-state index >= 15 is 0 Å². The average Bonchev–Trinajstić information content (AvgIpc) is 2.61. The van der Waals surface area contributed by atoms with Crippen LogP contribution in [0.4, 0.5) is 0 Å². The molecule has 4 nitrogen and oxygen atoms in total. The second kappa shape index (κ2) is 8.29. The van der Waals surface area contributed by atoms with Gasteiger partial charge in [-0.05, 0) is 23.8 Å². The van der Waals surface area contributed by atoms with Crippen molar-refractivity contribution in [1.29, 1.82) is 0 Å². The fourth-order valence-corrected chi connectivity index (χ4v) is 3.17. The van der Waals surface area contributed by atoms with Gasteiger partial charge in [0.15, 0.2) is 0 Å². The highest BCUT2D eigenvalue weighted by Gasteiger charge is 2.10. The molecule has 3 rings (SSSR count). The highest BCUT2D eigenvalue weighted by atomic mass is 16.5. The highest BCUT2D eigenvalue weighted by Crippen LogP contribution is 2.28. The lowest BCUT2D eigenvalue weighted by molar-refractivity contribution is 0.241. The van der Waals surface area contributed by atoms with E-state index in [2.05, 4.69) is 51.9 Å². The first kappa shape index (κ1) is 16.2. The molecule has 1 aliphatic heterocycles. The van der Waals surface area contributed by atoms with Gasteiger partial charge in [0.25, 0.3) is 0 Å². The first-order valence-corrected chi connectivity index (χ1v) is 8.65. The third kappa shape index (κ3) is 4.22. The molecule has 1 heterocycles. The monoisotopic (exact) mass is 313 g/mol. The fraction of sp³-hybridized carbons (Fsp3) is 0.474. The van der Waals surface area contributed by atoms with E-state index in [-0.39, 0.29) is 0 Å². The first-order chi connectivity index (χ1) is 11.4. The van der Waals surface area contributed by atoms with Crippen LogP contribution in [0.25, 0.3) is 10.8 Å². The Balaban J connectivity index is 1.64. The number of piperazine rings is 1. The Hall–Kier alpha value is -1.62. The van der Waals surface area contributed by atoms with Crippen molar-refractivity contribution in [3.63, 3.8) is 0 Å². The molecule has 0 amide bonds. The highest BCUT2D eigenvalue weighted by molar-refractivity contribution is 5.87. The SMILES string of the molecule is CCOc1ccc2ccccc2c1CNCCN1CCNCC1. The smallest absolute Gasteiger partial charge is 0.124 e. The molecule has 1 fully saturated rings. The molecule has 1 aliphatic rings. The summed E-state index contributed by atoms with van der Waals surface area (Å²) in [5, 5.41) is 9.55. The summed E-state index contributed by atoms with van der Waals surface area (Å²) in [6, 6.07) is 12.8. The molecule has 2 aromatic rings. The number of ether oxygens (including phenoxy) is 1. The molecule has 0 bridgehead atoms. The number of benzene rings is 2. The van der Waals surface area contributed by atoms with E-state index in [4.69, 9.17) is 4.74 Å². The van der Waals surface area contributed by atoms with E-state index < -0.39 is 0 Å². The Morgan fingerprint density at radius 2 is 1.96 bits per heavy atom. The minimum atomic E-state index is 0.701. The van der Waals surface area contributed by atoms with Gasteiger partial charge in [-0.3, -0.25) is 4.90 Å². The van der Waals surface area contributed by atoms with Crippen molar-refractivity contribution >= 4 is 10.8 Å². The van der Waals surface area contributed by atoms with Crippen molar-refractivity contribution in [1.82, 2.24) is 15.5 Å². The van der Waals surface area contributed by atoms with E-state index in [9.17, 15) is 0 Å². The maximum Gasteiger partial charge on any atom is 0.124 e. The van der Waals surface area contributed by atoms with Crippen LogP contribution in [0.5, 0.6) is 5.75 Å². The second-order valence-electron chi connectivity index (χ2n) is 5.96. The van der Waals surface area contributed by atoms with Crippen LogP contribution < -0.4 is 15.4 Å². The van der Waals surface area contributed by atoms with E-state index in [0.29, 0.717) is 6.61 Å². The predicted octanol–water partition coefficient (Wildman–Crippen LogP) is 2.23. The molecule has 0 radical (unpaired) electrons. The standard InChI is InChI=1S/C19H27N3O/c1-2-23-19-8-7-16-5-3-4-6-17(16)18(19)15-21-11-14-22-12-9-20-10-13-22/h3-8,20-21H,2,9-15H2,1H3. The van der Waals surface area contributed by atoms with Crippen molar-refractivity contribution in [3.8, 4) is 5.75 Å². The minimum Gasteiger partial charge on any atom is -0.494 e. The topological polar surface area (TPSA) is 36.5 Å². The summed E-state index contributed by atoms with van der Waals surface area (Å²) in [6.45, 7) is 10.2. The Kier molecular flexibility index (Phi) is 5.86. The molecule has 0 unspecified atom stereocenters. The lowest BCUT2D eigenvalue weighted by Crippen LogP contribution is -2.45. The molecule has 0 spiro atoms. The molecule has 1 saturated heterocycles. The number of rotatable bonds is 7. The zero-order valence-corrected chi connectivity index (χ0v) is 14.0. The Labute approximate surface area is 138 Å². The fourth-order valence-electron chi connectivity index (χ4n) is 3.17. The summed E-state index contributed by atoms with van der Waals surface area (Å²) >= 11 is 0. The Bertz CT molecular complexity index is 623. The quantitative estimate of drug-likeness (QED) is 0.769. The molecular formula is C19H27N3O. The molecule has 2 N–H and O–H groups in total. The lowest BCUT2D eigenvalue weighted by atomic mass is 10.0. The molecule has 2 aromatic carbocycles. The number of fused-ring (bicyclic) bond motifs is 1. The normalized spacial score (nSPS) is 15.9. The molecule has 124 valence electrons. The Morgan fingerprint density at radius 3 is 2.78 bits per heavy atom. The van der Waals surface area contributed by atoms with Gasteiger partial charge in [-0.2, -0.15) is 0 Å². The summed E-state index contributed by atoms with van der Waals surface area (Å²) in [5.74, 6) is 1.00. The van der Waals surface area contributed by atoms with Crippen LogP contribution >= 0.6 is 0 Å². The molecule has 0 saturated carbocycles. The van der Waals surface area contributed by atoms with Gasteiger partial charge >= 0.3 is 0 Å². The van der Waals surface area contributed by atoms with Gasteiger partial charge in [0.1, 0.15) is 5.75 Å². The van der Waals surface area contributed by atoms with Gasteiger partial charge in [-0.1, -0.05) is 30.3 Å². The van der Waals surface area contributed by atoms with Crippen molar-refractivity contribution < 1.29 is 4.74 Å². The first-order valence-electron chi connectivity index (χ1n) is 8.65. The average molecular weight is 313 g/mol. The largest absolute Gasteiger partial charge is 0.494 e. The third-order valence-electron chi connectivity index (χ3n) is 4.41. The summed E-state index contributed by atoms with van der Waals surface area (Å²) < 4.78 is 5.83. The van der Waals surface area contributed by atoms with E-state index in [1.165, 1.54) is 16.3 Å². The molecule has 0 aromatic heterocycles. The van der Waals surface area contributed by atoms with Crippen molar-refractivity contribution in [2.45, 2.75) is 13.5 Å². The summed E-state index contributed by atoms with van der Waals surface area (Å²) in [7, 11) is 0. The van der Waals surface area contributed by atoms with Gasteiger partial charge in [-0.15, -0.1) is 0 Å². The van der Waals surface area contributed by atoms with Crippen LogP contribution in [0.3, 0.4) is 0 Å². The summed E-state index contributed by atoms with van der Waals surface area (Å²) in [6.07, 6.45) is 0. The van der Waals surface area contributed by atoms with Gasteiger partial charge in [-0.25, -0.2) is 0 Å². The van der Waals surface area contributed by atoms with Crippen LogP contribution in [0.2, 0.25) is 0 Å². The van der Waals surface area contributed by atoms with Gasteiger partial charge in [0, 0.05) is 51.4 Å². The predicted molar refractivity (Wildman–Crippen MR) is 96.1 cm³/mol. The molecule has 23 heavy (non-hydrogen) atoms. The number of nitrogens with one attached hydrogen (secondary N) is 2. The lowest BCUT2D eigenvalue weighted by Gasteiger charge is -2.27. The minimum absolute atomic E-state index is 0.701. The van der Waals surface area contributed by atoms with Gasteiger partial charge < -0.3 is 15.4 Å². The van der Waals surface area contributed by atoms with E-state index in [1.54, 1.807) is 0 Å². The third-order valence-corrected chi connectivity index (χ3v) is 4.41. The zero-order valence-electron chi connectivity index (χ0n) is 14.0. The molecule has 0 atom stereocenters. The molecule has 0 aliphatic carbocycles. The Morgan fingerprint density at radius 1 is 1.13 bits per heavy atom. The van der Waals surface area contributed by atoms with Crippen molar-refractivity contribution in [2.75, 3.05) is 45.9 Å². The van der Waals surface area contributed by atoms with Crippen LogP contribution in [-0.2, 0) is 6.54 Å². The molecule has 4 heteroatoms. The number of hydrogen-bond acceptors (Lipinski definition) is 4. The van der Waals surface area contributed by atoms with E-state index in [1.807, 2.05) is 6.92 Å². The second-order valence-corrected chi connectivity index (χ2v) is 5.96. The maximum atomic E-state index is 5.83. The van der Waals surface area contributed by atoms with Crippen LogP contribution in [0.15, 0.2) is 36.4 Å². The van der Waals surface area contributed by atoms with Crippen molar-refractivity contribution in [3.05, 3.63) is 42.0 Å².